The number of hydrogen-bond donors (Lipinski definition) is 1. The summed E-state index contributed by atoms with van der Waals surface area (Å²) in [5, 5.41) is 1.14. The topological polar surface area (TPSA) is 38.9 Å². The first-order valence-corrected chi connectivity index (χ1v) is 5.61. The summed E-state index contributed by atoms with van der Waals surface area (Å²) in [5.74, 6) is 0.340. The lowest BCUT2D eigenvalue weighted by Crippen LogP contribution is -2.22. The second-order valence-corrected chi connectivity index (χ2v) is 4.73. The molecule has 0 saturated carbocycles. The maximum atomic E-state index is 5.86. The van der Waals surface area contributed by atoms with Crippen LogP contribution in [0.3, 0.4) is 0 Å². The molecule has 0 aliphatic rings. The SMILES string of the molecule is CC(N)C(C)c1nc2ccccc2s1. The van der Waals surface area contributed by atoms with E-state index in [1.807, 2.05) is 25.1 Å². The fourth-order valence-electron chi connectivity index (χ4n) is 1.31. The first kappa shape index (κ1) is 9.62. The summed E-state index contributed by atoms with van der Waals surface area (Å²) in [6.07, 6.45) is 0. The number of nitrogens with two attached hydrogens (primary N) is 1. The second kappa shape index (κ2) is 3.67. The molecule has 0 saturated heterocycles. The molecule has 2 nitrogen and oxygen atoms in total. The van der Waals surface area contributed by atoms with E-state index in [0.29, 0.717) is 5.92 Å². The van der Waals surface area contributed by atoms with E-state index >= 15 is 0 Å². The molecule has 2 atom stereocenters. The van der Waals surface area contributed by atoms with E-state index in [1.165, 1.54) is 4.70 Å². The summed E-state index contributed by atoms with van der Waals surface area (Å²) < 4.78 is 1.25. The van der Waals surface area contributed by atoms with Gasteiger partial charge in [-0.05, 0) is 19.1 Å². The third-order valence-electron chi connectivity index (χ3n) is 2.49. The Kier molecular flexibility index (Phi) is 2.52. The summed E-state index contributed by atoms with van der Waals surface area (Å²) in [6.45, 7) is 4.15. The van der Waals surface area contributed by atoms with Crippen LogP contribution < -0.4 is 5.73 Å². The number of thiazole rings is 1. The van der Waals surface area contributed by atoms with E-state index in [2.05, 4.69) is 18.0 Å². The van der Waals surface area contributed by atoms with Crippen molar-refractivity contribution in [1.82, 2.24) is 4.98 Å². The van der Waals surface area contributed by atoms with Crippen molar-refractivity contribution < 1.29 is 0 Å². The molecule has 1 aromatic heterocycles. The van der Waals surface area contributed by atoms with Crippen LogP contribution in [0.1, 0.15) is 24.8 Å². The Morgan fingerprint density at radius 2 is 2.00 bits per heavy atom. The molecule has 0 bridgehead atoms. The van der Waals surface area contributed by atoms with Gasteiger partial charge in [0.1, 0.15) is 0 Å². The summed E-state index contributed by atoms with van der Waals surface area (Å²) in [5.41, 5.74) is 6.94. The van der Waals surface area contributed by atoms with Crippen molar-refractivity contribution in [2.24, 2.45) is 5.73 Å². The van der Waals surface area contributed by atoms with E-state index < -0.39 is 0 Å². The van der Waals surface area contributed by atoms with Crippen LogP contribution in [0.2, 0.25) is 0 Å². The molecule has 2 aromatic rings. The molecule has 74 valence electrons. The fraction of sp³-hybridized carbons (Fsp3) is 0.364. The van der Waals surface area contributed by atoms with Gasteiger partial charge in [-0.15, -0.1) is 11.3 Å². The maximum Gasteiger partial charge on any atom is 0.0982 e. The lowest BCUT2D eigenvalue weighted by molar-refractivity contribution is 0.611. The molecule has 1 aromatic carbocycles. The van der Waals surface area contributed by atoms with E-state index in [4.69, 9.17) is 5.73 Å². The number of fused-ring (bicyclic) bond motifs is 1. The van der Waals surface area contributed by atoms with Crippen LogP contribution in [0.5, 0.6) is 0 Å². The van der Waals surface area contributed by atoms with Gasteiger partial charge in [-0.25, -0.2) is 4.98 Å². The Morgan fingerprint density at radius 3 is 2.64 bits per heavy atom. The van der Waals surface area contributed by atoms with Crippen LogP contribution >= 0.6 is 11.3 Å². The van der Waals surface area contributed by atoms with Gasteiger partial charge in [0.05, 0.1) is 15.2 Å². The number of hydrogen-bond acceptors (Lipinski definition) is 3. The number of para-hydroxylation sites is 1. The van der Waals surface area contributed by atoms with Crippen molar-refractivity contribution in [3.8, 4) is 0 Å². The van der Waals surface area contributed by atoms with E-state index in [9.17, 15) is 0 Å². The molecule has 0 spiro atoms. The molecule has 2 rings (SSSR count). The number of nitrogens with zero attached hydrogens (tertiary/aromatic N) is 1. The minimum Gasteiger partial charge on any atom is -0.327 e. The Bertz CT molecular complexity index is 401. The van der Waals surface area contributed by atoms with Crippen LogP contribution in [-0.2, 0) is 0 Å². The average Bonchev–Trinajstić information content (AvgIpc) is 2.59. The highest BCUT2D eigenvalue weighted by atomic mass is 32.1. The smallest absolute Gasteiger partial charge is 0.0982 e. The van der Waals surface area contributed by atoms with Crippen molar-refractivity contribution >= 4 is 21.6 Å². The molecule has 2 N–H and O–H groups in total. The largest absolute Gasteiger partial charge is 0.327 e. The Balaban J connectivity index is 2.45. The second-order valence-electron chi connectivity index (χ2n) is 3.67. The van der Waals surface area contributed by atoms with E-state index in [1.54, 1.807) is 11.3 Å². The van der Waals surface area contributed by atoms with Gasteiger partial charge in [0.15, 0.2) is 0 Å². The normalized spacial score (nSPS) is 15.6. The fourth-order valence-corrected chi connectivity index (χ4v) is 2.44. The zero-order chi connectivity index (χ0) is 10.1. The molecule has 0 aliphatic carbocycles. The number of rotatable bonds is 2. The van der Waals surface area contributed by atoms with Gasteiger partial charge in [-0.2, -0.15) is 0 Å². The quantitative estimate of drug-likeness (QED) is 0.820. The summed E-state index contributed by atoms with van der Waals surface area (Å²) in [4.78, 5) is 4.57. The van der Waals surface area contributed by atoms with Gasteiger partial charge in [-0.1, -0.05) is 19.1 Å². The molecular formula is C11H14N2S. The highest BCUT2D eigenvalue weighted by Crippen LogP contribution is 2.28. The van der Waals surface area contributed by atoms with Crippen LogP contribution in [0.25, 0.3) is 10.2 Å². The molecule has 0 aliphatic heterocycles. The molecule has 0 amide bonds. The molecule has 2 unspecified atom stereocenters. The molecule has 0 radical (unpaired) electrons. The summed E-state index contributed by atoms with van der Waals surface area (Å²) in [6, 6.07) is 8.37. The van der Waals surface area contributed by atoms with Gasteiger partial charge < -0.3 is 5.73 Å². The third kappa shape index (κ3) is 1.65. The zero-order valence-electron chi connectivity index (χ0n) is 8.40. The van der Waals surface area contributed by atoms with E-state index in [-0.39, 0.29) is 6.04 Å². The molecule has 14 heavy (non-hydrogen) atoms. The number of aromatic nitrogens is 1. The van der Waals surface area contributed by atoms with Crippen molar-refractivity contribution in [1.29, 1.82) is 0 Å². The Labute approximate surface area is 87.8 Å². The molecule has 0 fully saturated rings. The maximum absolute atomic E-state index is 5.86. The van der Waals surface area contributed by atoms with Gasteiger partial charge in [-0.3, -0.25) is 0 Å². The average molecular weight is 206 g/mol. The van der Waals surface area contributed by atoms with Gasteiger partial charge in [0, 0.05) is 12.0 Å². The monoisotopic (exact) mass is 206 g/mol. The Morgan fingerprint density at radius 1 is 1.29 bits per heavy atom. The van der Waals surface area contributed by atoms with Crippen molar-refractivity contribution in [3.05, 3.63) is 29.3 Å². The molecule has 3 heteroatoms. The van der Waals surface area contributed by atoms with E-state index in [0.717, 1.165) is 10.5 Å². The van der Waals surface area contributed by atoms with Crippen molar-refractivity contribution in [2.75, 3.05) is 0 Å². The van der Waals surface area contributed by atoms with Gasteiger partial charge >= 0.3 is 0 Å². The lowest BCUT2D eigenvalue weighted by atomic mass is 10.1. The first-order chi connectivity index (χ1) is 6.68. The first-order valence-electron chi connectivity index (χ1n) is 4.79. The summed E-state index contributed by atoms with van der Waals surface area (Å²) in [7, 11) is 0. The summed E-state index contributed by atoms with van der Waals surface area (Å²) >= 11 is 1.74. The minimum atomic E-state index is 0.163. The highest BCUT2D eigenvalue weighted by Gasteiger charge is 2.14. The molecular weight excluding hydrogens is 192 g/mol. The predicted molar refractivity (Wildman–Crippen MR) is 61.7 cm³/mol. The predicted octanol–water partition coefficient (Wildman–Crippen LogP) is 2.75. The zero-order valence-corrected chi connectivity index (χ0v) is 9.21. The van der Waals surface area contributed by atoms with Crippen molar-refractivity contribution in [2.45, 2.75) is 25.8 Å². The van der Waals surface area contributed by atoms with Gasteiger partial charge in [0.2, 0.25) is 0 Å². The minimum absolute atomic E-state index is 0.163. The third-order valence-corrected chi connectivity index (χ3v) is 3.73. The Hall–Kier alpha value is -0.930. The highest BCUT2D eigenvalue weighted by molar-refractivity contribution is 7.18. The van der Waals surface area contributed by atoms with Crippen molar-refractivity contribution in [3.63, 3.8) is 0 Å². The number of benzene rings is 1. The van der Waals surface area contributed by atoms with Crippen LogP contribution in [0, 0.1) is 0 Å². The van der Waals surface area contributed by atoms with Crippen LogP contribution in [-0.4, -0.2) is 11.0 Å². The van der Waals surface area contributed by atoms with Crippen LogP contribution in [0.15, 0.2) is 24.3 Å². The van der Waals surface area contributed by atoms with Gasteiger partial charge in [0.25, 0.3) is 0 Å². The lowest BCUT2D eigenvalue weighted by Gasteiger charge is -2.11. The standard InChI is InChI=1S/C11H14N2S/c1-7(8(2)12)11-13-9-5-3-4-6-10(9)14-11/h3-8H,12H2,1-2H3. The molecule has 1 heterocycles. The van der Waals surface area contributed by atoms with Crippen LogP contribution in [0.4, 0.5) is 0 Å².